The molecule has 1 aromatic carbocycles. The Morgan fingerprint density at radius 1 is 1.19 bits per heavy atom. The molecule has 1 unspecified atom stereocenters. The molecule has 0 N–H and O–H groups in total. The monoisotopic (exact) mass is 433 g/mol. The zero-order valence-corrected chi connectivity index (χ0v) is 18.0. The van der Waals surface area contributed by atoms with E-state index in [1.807, 2.05) is 12.3 Å². The van der Waals surface area contributed by atoms with Crippen molar-refractivity contribution in [2.24, 2.45) is 4.99 Å². The highest BCUT2D eigenvalue weighted by molar-refractivity contribution is 5.67. The van der Waals surface area contributed by atoms with Gasteiger partial charge in [0.25, 0.3) is 0 Å². The predicted octanol–water partition coefficient (Wildman–Crippen LogP) is 3.11. The lowest BCUT2D eigenvalue weighted by atomic mass is 9.94. The van der Waals surface area contributed by atoms with Crippen LogP contribution in [0.2, 0.25) is 0 Å². The van der Waals surface area contributed by atoms with Gasteiger partial charge >= 0.3 is 5.69 Å². The summed E-state index contributed by atoms with van der Waals surface area (Å²) < 4.78 is 18.5. The Labute approximate surface area is 187 Å². The molecule has 0 saturated carbocycles. The van der Waals surface area contributed by atoms with Crippen LogP contribution in [-0.4, -0.2) is 48.3 Å². The molecular formula is C25H27N3O4. The van der Waals surface area contributed by atoms with Gasteiger partial charge in [0.2, 0.25) is 5.88 Å². The minimum Gasteiger partial charge on any atom is -0.475 e. The fourth-order valence-corrected chi connectivity index (χ4v) is 4.25. The fourth-order valence-electron chi connectivity index (χ4n) is 4.25. The molecule has 5 rings (SSSR count). The quantitative estimate of drug-likeness (QED) is 0.700. The van der Waals surface area contributed by atoms with Gasteiger partial charge in [0, 0.05) is 36.5 Å². The fraction of sp³-hybridized carbons (Fsp3) is 0.400. The summed E-state index contributed by atoms with van der Waals surface area (Å²) in [5.41, 5.74) is 5.28. The lowest BCUT2D eigenvalue weighted by Crippen LogP contribution is -2.34. The van der Waals surface area contributed by atoms with Crippen molar-refractivity contribution in [3.05, 3.63) is 69.8 Å². The van der Waals surface area contributed by atoms with E-state index in [1.165, 1.54) is 11.1 Å². The molecule has 4 heterocycles. The van der Waals surface area contributed by atoms with Gasteiger partial charge in [0.1, 0.15) is 12.7 Å². The van der Waals surface area contributed by atoms with Crippen LogP contribution in [0.1, 0.15) is 24.0 Å². The zero-order valence-electron chi connectivity index (χ0n) is 18.0. The maximum absolute atomic E-state index is 12.6. The first-order valence-corrected chi connectivity index (χ1v) is 11.2. The van der Waals surface area contributed by atoms with Crippen molar-refractivity contribution in [3.63, 3.8) is 0 Å². The molecule has 32 heavy (non-hydrogen) atoms. The molecule has 0 aliphatic carbocycles. The second-order valence-corrected chi connectivity index (χ2v) is 8.17. The van der Waals surface area contributed by atoms with Gasteiger partial charge in [0.15, 0.2) is 0 Å². The van der Waals surface area contributed by atoms with Crippen molar-refractivity contribution in [1.29, 1.82) is 0 Å². The van der Waals surface area contributed by atoms with Gasteiger partial charge in [-0.15, -0.1) is 0 Å². The van der Waals surface area contributed by atoms with Crippen molar-refractivity contribution in [1.82, 2.24) is 9.55 Å². The molecule has 1 aromatic heterocycles. The maximum atomic E-state index is 12.6. The number of nitrogens with zero attached hydrogens (tertiary/aromatic N) is 3. The van der Waals surface area contributed by atoms with E-state index in [0.29, 0.717) is 38.9 Å². The summed E-state index contributed by atoms with van der Waals surface area (Å²) in [6.45, 7) is 2.60. The van der Waals surface area contributed by atoms with Crippen LogP contribution in [0, 0.1) is 0 Å². The first-order valence-electron chi connectivity index (χ1n) is 11.2. The highest BCUT2D eigenvalue weighted by atomic mass is 16.6. The Morgan fingerprint density at radius 3 is 3.06 bits per heavy atom. The Balaban J connectivity index is 1.33. The van der Waals surface area contributed by atoms with Crippen molar-refractivity contribution in [3.8, 4) is 17.1 Å². The van der Waals surface area contributed by atoms with E-state index in [1.54, 1.807) is 4.57 Å². The Hall–Kier alpha value is -3.03. The molecule has 1 saturated heterocycles. The van der Waals surface area contributed by atoms with Crippen molar-refractivity contribution >= 4 is 6.21 Å². The van der Waals surface area contributed by atoms with E-state index in [-0.39, 0.29) is 11.8 Å². The molecule has 0 spiro atoms. The maximum Gasteiger partial charge on any atom is 0.351 e. The van der Waals surface area contributed by atoms with Crippen LogP contribution in [0.3, 0.4) is 0 Å². The van der Waals surface area contributed by atoms with E-state index in [4.69, 9.17) is 14.2 Å². The number of aryl methyl sites for hydroxylation is 2. The number of rotatable bonds is 6. The van der Waals surface area contributed by atoms with Gasteiger partial charge in [-0.05, 0) is 36.5 Å². The second kappa shape index (κ2) is 9.63. The normalized spacial score (nSPS) is 19.6. The molecule has 1 atom stereocenters. The van der Waals surface area contributed by atoms with E-state index in [9.17, 15) is 4.79 Å². The number of hydrogen-bond donors (Lipinski definition) is 0. The van der Waals surface area contributed by atoms with E-state index in [2.05, 4.69) is 46.4 Å². The average molecular weight is 434 g/mol. The standard InChI is InChI=1S/C25H27N3O4/c29-25-27-24(32-17-21-16-30-12-13-31-21)15-23-22-8-6-18(14-19(22)9-11-28(23)25)5-7-20-4-2-1-3-10-26-20/h1-2,4,6,8,10,14-15,21H,3,5,7,9,11-13,16-17H2. The third-order valence-electron chi connectivity index (χ3n) is 5.93. The highest BCUT2D eigenvalue weighted by Crippen LogP contribution is 2.31. The first-order chi connectivity index (χ1) is 15.8. The molecule has 0 amide bonds. The summed E-state index contributed by atoms with van der Waals surface area (Å²) in [6.07, 6.45) is 11.6. The van der Waals surface area contributed by atoms with Crippen LogP contribution < -0.4 is 10.4 Å². The molecule has 0 radical (unpaired) electrons. The predicted molar refractivity (Wildman–Crippen MR) is 122 cm³/mol. The summed E-state index contributed by atoms with van der Waals surface area (Å²) in [4.78, 5) is 21.2. The van der Waals surface area contributed by atoms with Gasteiger partial charge in [-0.25, -0.2) is 4.79 Å². The van der Waals surface area contributed by atoms with Crippen LogP contribution in [0.4, 0.5) is 0 Å². The van der Waals surface area contributed by atoms with Crippen molar-refractivity contribution in [2.75, 3.05) is 26.4 Å². The molecule has 3 aliphatic rings. The minimum atomic E-state index is -0.278. The van der Waals surface area contributed by atoms with Crippen LogP contribution in [-0.2, 0) is 28.9 Å². The molecule has 3 aliphatic heterocycles. The summed E-state index contributed by atoms with van der Waals surface area (Å²) in [5, 5.41) is 0. The molecule has 1 fully saturated rings. The Bertz CT molecular complexity index is 1130. The van der Waals surface area contributed by atoms with Crippen LogP contribution >= 0.6 is 0 Å². The SMILES string of the molecule is O=c1nc(OCC2COCCO2)cc2n1CCc1cc(CCC3=CC=CCC=N3)ccc1-2. The number of fused-ring (bicyclic) bond motifs is 3. The second-order valence-electron chi connectivity index (χ2n) is 8.17. The average Bonchev–Trinajstić information content (AvgIpc) is 3.11. The number of allylic oxidation sites excluding steroid dienone is 4. The topological polar surface area (TPSA) is 74.9 Å². The Kier molecular flexibility index (Phi) is 6.27. The van der Waals surface area contributed by atoms with Gasteiger partial charge in [-0.2, -0.15) is 4.98 Å². The lowest BCUT2D eigenvalue weighted by Gasteiger charge is -2.24. The van der Waals surface area contributed by atoms with Crippen molar-refractivity contribution in [2.45, 2.75) is 38.3 Å². The van der Waals surface area contributed by atoms with Crippen LogP contribution in [0.25, 0.3) is 11.3 Å². The van der Waals surface area contributed by atoms with Crippen molar-refractivity contribution < 1.29 is 14.2 Å². The summed E-state index contributed by atoms with van der Waals surface area (Å²) in [7, 11) is 0. The highest BCUT2D eigenvalue weighted by Gasteiger charge is 2.21. The van der Waals surface area contributed by atoms with Gasteiger partial charge in [0.05, 0.1) is 25.5 Å². The molecule has 7 nitrogen and oxygen atoms in total. The van der Waals surface area contributed by atoms with Crippen LogP contribution in [0.15, 0.2) is 58.0 Å². The van der Waals surface area contributed by atoms with Crippen LogP contribution in [0.5, 0.6) is 5.88 Å². The molecule has 166 valence electrons. The number of aromatic nitrogens is 2. The molecule has 0 bridgehead atoms. The van der Waals surface area contributed by atoms with Gasteiger partial charge in [-0.1, -0.05) is 30.4 Å². The lowest BCUT2D eigenvalue weighted by molar-refractivity contribution is -0.102. The first kappa shape index (κ1) is 20.8. The largest absolute Gasteiger partial charge is 0.475 e. The summed E-state index contributed by atoms with van der Waals surface area (Å²) in [6, 6.07) is 8.37. The Morgan fingerprint density at radius 2 is 2.16 bits per heavy atom. The number of hydrogen-bond acceptors (Lipinski definition) is 6. The summed E-state index contributed by atoms with van der Waals surface area (Å²) in [5.74, 6) is 0.332. The minimum absolute atomic E-state index is 0.136. The number of benzene rings is 1. The third kappa shape index (κ3) is 4.74. The number of aliphatic imine (C=N–C) groups is 1. The number of ether oxygens (including phenoxy) is 3. The molecular weight excluding hydrogens is 406 g/mol. The van der Waals surface area contributed by atoms with Gasteiger partial charge < -0.3 is 14.2 Å². The van der Waals surface area contributed by atoms with E-state index in [0.717, 1.165) is 42.6 Å². The van der Waals surface area contributed by atoms with E-state index < -0.39 is 0 Å². The molecule has 7 heteroatoms. The summed E-state index contributed by atoms with van der Waals surface area (Å²) >= 11 is 0. The molecule has 2 aromatic rings. The van der Waals surface area contributed by atoms with E-state index >= 15 is 0 Å². The van der Waals surface area contributed by atoms with Gasteiger partial charge in [-0.3, -0.25) is 9.56 Å². The smallest absolute Gasteiger partial charge is 0.351 e. The zero-order chi connectivity index (χ0) is 21.8. The third-order valence-corrected chi connectivity index (χ3v) is 5.93.